The SMILES string of the molecule is CC(C(=O)NCc1ccccc1Cl)N1CCC(C(=O)N2CCOCC2)CC1. The van der Waals surface area contributed by atoms with Crippen molar-refractivity contribution < 1.29 is 14.3 Å². The van der Waals surface area contributed by atoms with Gasteiger partial charge in [-0.2, -0.15) is 0 Å². The molecule has 0 aromatic heterocycles. The van der Waals surface area contributed by atoms with Crippen LogP contribution in [0.15, 0.2) is 24.3 Å². The van der Waals surface area contributed by atoms with Crippen molar-refractivity contribution in [3.63, 3.8) is 0 Å². The second kappa shape index (κ2) is 9.53. The van der Waals surface area contributed by atoms with Crippen LogP contribution in [0.3, 0.4) is 0 Å². The fraction of sp³-hybridized carbons (Fsp3) is 0.600. The molecule has 2 amide bonds. The van der Waals surface area contributed by atoms with Crippen molar-refractivity contribution in [2.45, 2.75) is 32.4 Å². The number of halogens is 1. The molecule has 0 spiro atoms. The van der Waals surface area contributed by atoms with Crippen LogP contribution in [-0.4, -0.2) is 67.0 Å². The third kappa shape index (κ3) is 5.21. The second-order valence-corrected chi connectivity index (χ2v) is 7.64. The Kier molecular flexibility index (Phi) is 7.10. The summed E-state index contributed by atoms with van der Waals surface area (Å²) in [7, 11) is 0. The molecule has 2 saturated heterocycles. The summed E-state index contributed by atoms with van der Waals surface area (Å²) in [5.41, 5.74) is 0.912. The molecule has 27 heavy (non-hydrogen) atoms. The summed E-state index contributed by atoms with van der Waals surface area (Å²) >= 11 is 6.14. The fourth-order valence-corrected chi connectivity index (χ4v) is 3.92. The number of hydrogen-bond acceptors (Lipinski definition) is 4. The Morgan fingerprint density at radius 2 is 1.85 bits per heavy atom. The quantitative estimate of drug-likeness (QED) is 0.830. The van der Waals surface area contributed by atoms with E-state index in [0.29, 0.717) is 37.9 Å². The summed E-state index contributed by atoms with van der Waals surface area (Å²) in [4.78, 5) is 29.2. The summed E-state index contributed by atoms with van der Waals surface area (Å²) < 4.78 is 5.32. The lowest BCUT2D eigenvalue weighted by Gasteiger charge is -2.37. The number of ether oxygens (including phenoxy) is 1. The fourth-order valence-electron chi connectivity index (χ4n) is 3.71. The smallest absolute Gasteiger partial charge is 0.237 e. The highest BCUT2D eigenvalue weighted by molar-refractivity contribution is 6.31. The first-order valence-electron chi connectivity index (χ1n) is 9.68. The highest BCUT2D eigenvalue weighted by atomic mass is 35.5. The molecule has 1 atom stereocenters. The number of morpholine rings is 1. The molecule has 0 saturated carbocycles. The molecule has 0 aliphatic carbocycles. The number of benzene rings is 1. The van der Waals surface area contributed by atoms with Gasteiger partial charge in [0.15, 0.2) is 0 Å². The minimum atomic E-state index is -0.216. The van der Waals surface area contributed by atoms with E-state index in [-0.39, 0.29) is 23.8 Å². The number of piperidine rings is 1. The van der Waals surface area contributed by atoms with E-state index in [1.54, 1.807) is 0 Å². The van der Waals surface area contributed by atoms with Crippen LogP contribution < -0.4 is 5.32 Å². The average molecular weight is 394 g/mol. The van der Waals surface area contributed by atoms with Crippen molar-refractivity contribution >= 4 is 23.4 Å². The van der Waals surface area contributed by atoms with Gasteiger partial charge >= 0.3 is 0 Å². The van der Waals surface area contributed by atoms with Crippen LogP contribution in [0.4, 0.5) is 0 Å². The Labute approximate surface area is 165 Å². The zero-order valence-corrected chi connectivity index (χ0v) is 16.6. The Balaban J connectivity index is 1.44. The van der Waals surface area contributed by atoms with Crippen LogP contribution in [0.25, 0.3) is 0 Å². The third-order valence-electron chi connectivity index (χ3n) is 5.54. The number of carbonyl (C=O) groups is 2. The van der Waals surface area contributed by atoms with Gasteiger partial charge in [-0.1, -0.05) is 29.8 Å². The van der Waals surface area contributed by atoms with E-state index in [1.807, 2.05) is 36.1 Å². The van der Waals surface area contributed by atoms with E-state index in [1.165, 1.54) is 0 Å². The van der Waals surface area contributed by atoms with Crippen LogP contribution in [0.1, 0.15) is 25.3 Å². The lowest BCUT2D eigenvalue weighted by atomic mass is 9.94. The lowest BCUT2D eigenvalue weighted by Crippen LogP contribution is -2.51. The van der Waals surface area contributed by atoms with Crippen LogP contribution in [0.2, 0.25) is 5.02 Å². The Bertz CT molecular complexity index is 656. The first-order valence-corrected chi connectivity index (χ1v) is 10.1. The molecular weight excluding hydrogens is 366 g/mol. The number of nitrogens with one attached hydrogen (secondary N) is 1. The van der Waals surface area contributed by atoms with Gasteiger partial charge in [-0.15, -0.1) is 0 Å². The molecule has 148 valence electrons. The van der Waals surface area contributed by atoms with Gasteiger partial charge in [0.05, 0.1) is 19.3 Å². The molecule has 1 N–H and O–H groups in total. The molecule has 2 aliphatic rings. The molecule has 1 unspecified atom stereocenters. The normalized spacial score (nSPS) is 20.3. The Morgan fingerprint density at radius 3 is 2.52 bits per heavy atom. The summed E-state index contributed by atoms with van der Waals surface area (Å²) in [6.07, 6.45) is 1.61. The van der Waals surface area contributed by atoms with Crippen molar-refractivity contribution in [2.75, 3.05) is 39.4 Å². The number of hydrogen-bond donors (Lipinski definition) is 1. The molecule has 0 bridgehead atoms. The van der Waals surface area contributed by atoms with Crippen LogP contribution in [-0.2, 0) is 20.9 Å². The van der Waals surface area contributed by atoms with Crippen molar-refractivity contribution in [2.24, 2.45) is 5.92 Å². The maximum atomic E-state index is 12.6. The van der Waals surface area contributed by atoms with Crippen molar-refractivity contribution in [3.05, 3.63) is 34.9 Å². The zero-order chi connectivity index (χ0) is 19.2. The lowest BCUT2D eigenvalue weighted by molar-refractivity contribution is -0.141. The minimum Gasteiger partial charge on any atom is -0.378 e. The topological polar surface area (TPSA) is 61.9 Å². The molecule has 0 radical (unpaired) electrons. The van der Waals surface area contributed by atoms with Crippen LogP contribution >= 0.6 is 11.6 Å². The number of rotatable bonds is 5. The predicted octanol–water partition coefficient (Wildman–Crippen LogP) is 1.92. The number of likely N-dealkylation sites (tertiary alicyclic amines) is 1. The first-order chi connectivity index (χ1) is 13.1. The maximum Gasteiger partial charge on any atom is 0.237 e. The monoisotopic (exact) mass is 393 g/mol. The standard InChI is InChI=1S/C20H28ClN3O3/c1-15(19(25)22-14-17-4-2-3-5-18(17)21)23-8-6-16(7-9-23)20(26)24-10-12-27-13-11-24/h2-5,15-16H,6-14H2,1H3,(H,22,25). The Morgan fingerprint density at radius 1 is 1.19 bits per heavy atom. The highest BCUT2D eigenvalue weighted by Gasteiger charge is 2.32. The molecule has 1 aromatic rings. The van der Waals surface area contributed by atoms with Gasteiger partial charge in [0, 0.05) is 30.6 Å². The van der Waals surface area contributed by atoms with E-state index in [0.717, 1.165) is 31.5 Å². The predicted molar refractivity (Wildman–Crippen MR) is 104 cm³/mol. The molecule has 2 fully saturated rings. The number of nitrogens with zero attached hydrogens (tertiary/aromatic N) is 2. The van der Waals surface area contributed by atoms with Crippen molar-refractivity contribution in [1.82, 2.24) is 15.1 Å². The van der Waals surface area contributed by atoms with Gasteiger partial charge in [0.25, 0.3) is 0 Å². The van der Waals surface area contributed by atoms with Gasteiger partial charge in [-0.05, 0) is 44.5 Å². The summed E-state index contributed by atoms with van der Waals surface area (Å²) in [6, 6.07) is 7.30. The average Bonchev–Trinajstić information content (AvgIpc) is 2.72. The van der Waals surface area contributed by atoms with Crippen molar-refractivity contribution in [1.29, 1.82) is 0 Å². The van der Waals surface area contributed by atoms with Crippen LogP contribution in [0.5, 0.6) is 0 Å². The second-order valence-electron chi connectivity index (χ2n) is 7.23. The molecule has 6 nitrogen and oxygen atoms in total. The van der Waals surface area contributed by atoms with E-state index < -0.39 is 0 Å². The molecule has 3 rings (SSSR count). The molecule has 1 aromatic carbocycles. The Hall–Kier alpha value is -1.63. The van der Waals surface area contributed by atoms with E-state index in [2.05, 4.69) is 10.2 Å². The molecule has 7 heteroatoms. The summed E-state index contributed by atoms with van der Waals surface area (Å²) in [5, 5.41) is 3.63. The van der Waals surface area contributed by atoms with Crippen molar-refractivity contribution in [3.8, 4) is 0 Å². The zero-order valence-electron chi connectivity index (χ0n) is 15.8. The minimum absolute atomic E-state index is 0.00660. The van der Waals surface area contributed by atoms with Gasteiger partial charge in [-0.3, -0.25) is 14.5 Å². The van der Waals surface area contributed by atoms with Gasteiger partial charge < -0.3 is 15.0 Å². The van der Waals surface area contributed by atoms with Gasteiger partial charge in [0.1, 0.15) is 0 Å². The number of amides is 2. The highest BCUT2D eigenvalue weighted by Crippen LogP contribution is 2.22. The van der Waals surface area contributed by atoms with E-state index in [4.69, 9.17) is 16.3 Å². The summed E-state index contributed by atoms with van der Waals surface area (Å²) in [5.74, 6) is 0.305. The first kappa shape index (κ1) is 20.1. The number of carbonyl (C=O) groups excluding carboxylic acids is 2. The van der Waals surface area contributed by atoms with E-state index in [9.17, 15) is 9.59 Å². The van der Waals surface area contributed by atoms with Gasteiger partial charge in [0.2, 0.25) is 11.8 Å². The molecule has 2 aliphatic heterocycles. The molecule has 2 heterocycles. The van der Waals surface area contributed by atoms with Gasteiger partial charge in [-0.25, -0.2) is 0 Å². The maximum absolute atomic E-state index is 12.6. The largest absolute Gasteiger partial charge is 0.378 e. The summed E-state index contributed by atoms with van der Waals surface area (Å²) in [6.45, 7) is 6.53. The van der Waals surface area contributed by atoms with E-state index >= 15 is 0 Å². The molecular formula is C20H28ClN3O3. The third-order valence-corrected chi connectivity index (χ3v) is 5.91. The van der Waals surface area contributed by atoms with Crippen LogP contribution in [0, 0.1) is 5.92 Å².